The summed E-state index contributed by atoms with van der Waals surface area (Å²) in [4.78, 5) is 11.7. The van der Waals surface area contributed by atoms with Gasteiger partial charge in [-0.15, -0.1) is 0 Å². The van der Waals surface area contributed by atoms with E-state index in [-0.39, 0.29) is 11.2 Å². The summed E-state index contributed by atoms with van der Waals surface area (Å²) in [6.07, 6.45) is 1.27. The summed E-state index contributed by atoms with van der Waals surface area (Å²) < 4.78 is 5.52. The number of hydrogen-bond acceptors (Lipinski definition) is 3. The smallest absolute Gasteiger partial charge is 0.198 e. The first-order valence-corrected chi connectivity index (χ1v) is 7.67. The van der Waals surface area contributed by atoms with E-state index in [0.717, 1.165) is 22.4 Å². The van der Waals surface area contributed by atoms with Crippen LogP contribution in [0.25, 0.3) is 10.8 Å². The molecule has 0 aliphatic carbocycles. The normalized spacial score (nSPS) is 11.4. The van der Waals surface area contributed by atoms with Crippen LogP contribution in [0, 0.1) is 13.8 Å². The van der Waals surface area contributed by atoms with Crippen LogP contribution in [0.1, 0.15) is 22.3 Å². The van der Waals surface area contributed by atoms with Gasteiger partial charge in [0, 0.05) is 5.39 Å². The number of fused-ring (bicyclic) bond motifs is 1. The van der Waals surface area contributed by atoms with Crippen LogP contribution in [0.3, 0.4) is 0 Å². The summed E-state index contributed by atoms with van der Waals surface area (Å²) in [5.74, 6) is 0.956. The number of phenolic OH excluding ortho intramolecular Hbond substituents is 1. The zero-order valence-corrected chi connectivity index (χ0v) is 13.2. The second-order valence-electron chi connectivity index (χ2n) is 5.35. The van der Waals surface area contributed by atoms with Gasteiger partial charge in [0.05, 0.1) is 5.39 Å². The average Bonchev–Trinajstić information content (AvgIpc) is 3.10. The van der Waals surface area contributed by atoms with E-state index in [1.54, 1.807) is 6.07 Å². The Morgan fingerprint density at radius 1 is 1.14 bits per heavy atom. The number of aryl methyl sites for hydroxylation is 2. The lowest BCUT2D eigenvalue weighted by molar-refractivity contribution is 0.392. The van der Waals surface area contributed by atoms with Gasteiger partial charge >= 0.3 is 0 Å². The minimum absolute atomic E-state index is 0.0224. The minimum Gasteiger partial charge on any atom is -0.507 e. The fourth-order valence-corrected chi connectivity index (χ4v) is 3.01. The van der Waals surface area contributed by atoms with Crippen molar-refractivity contribution in [3.8, 4) is 11.5 Å². The highest BCUT2D eigenvalue weighted by Crippen LogP contribution is 2.32. The van der Waals surface area contributed by atoms with Gasteiger partial charge in [-0.1, -0.05) is 15.3 Å². The van der Waals surface area contributed by atoms with Crippen molar-refractivity contribution in [1.29, 1.82) is 0 Å². The molecule has 1 atom stereocenters. The highest BCUT2D eigenvalue weighted by molar-refractivity contribution is 7.16. The van der Waals surface area contributed by atoms with E-state index in [1.807, 2.05) is 18.2 Å². The maximum absolute atomic E-state index is 11.7. The summed E-state index contributed by atoms with van der Waals surface area (Å²) >= 11 is 0. The molecule has 0 radical (unpaired) electrons. The number of hydrogen-bond donors (Lipinski definition) is 1. The molecule has 0 aromatic heterocycles. The van der Waals surface area contributed by atoms with E-state index in [1.165, 1.54) is 5.56 Å². The first kappa shape index (κ1) is 14.1. The molecular formula is C17H17O3P. The first-order valence-electron chi connectivity index (χ1n) is 6.85. The van der Waals surface area contributed by atoms with Crippen molar-refractivity contribution in [3.05, 3.63) is 56.7 Å². The number of aromatic hydroxyl groups is 1. The molecule has 0 aliphatic rings. The van der Waals surface area contributed by atoms with Crippen molar-refractivity contribution in [2.45, 2.75) is 20.3 Å². The van der Waals surface area contributed by atoms with Gasteiger partial charge in [0.25, 0.3) is 0 Å². The number of phenols is 1. The molecule has 0 bridgehead atoms. The number of ether oxygens (including phenoxy) is 1. The molecule has 1 N–H and O–H groups in total. The molecule has 0 saturated carbocycles. The van der Waals surface area contributed by atoms with Gasteiger partial charge in [-0.25, -0.2) is 0 Å². The van der Waals surface area contributed by atoms with Crippen molar-refractivity contribution in [2.75, 3.05) is 6.35 Å². The third-order valence-electron chi connectivity index (χ3n) is 3.95. The monoisotopic (exact) mass is 300 g/mol. The van der Waals surface area contributed by atoms with Crippen LogP contribution in [-0.4, -0.2) is 11.5 Å². The van der Waals surface area contributed by atoms with E-state index >= 15 is 0 Å². The number of rotatable bonds is 4. The van der Waals surface area contributed by atoms with Gasteiger partial charge in [0.2, 0.25) is 0 Å². The molecule has 3 aromatic rings. The van der Waals surface area contributed by atoms with Crippen LogP contribution < -0.4 is 10.2 Å². The van der Waals surface area contributed by atoms with Gasteiger partial charge in [0.1, 0.15) is 17.8 Å². The maximum Gasteiger partial charge on any atom is 0.198 e. The predicted octanol–water partition coefficient (Wildman–Crippen LogP) is 3.20. The Kier molecular flexibility index (Phi) is 3.46. The van der Waals surface area contributed by atoms with Crippen LogP contribution in [0.4, 0.5) is 0 Å². The van der Waals surface area contributed by atoms with Crippen LogP contribution in [0.5, 0.6) is 11.5 Å². The molecule has 3 rings (SSSR count). The lowest BCUT2D eigenvalue weighted by atomic mass is 9.95. The Labute approximate surface area is 125 Å². The van der Waals surface area contributed by atoms with Crippen molar-refractivity contribution < 1.29 is 9.84 Å². The molecule has 1 unspecified atom stereocenters. The van der Waals surface area contributed by atoms with Gasteiger partial charge < -0.3 is 9.84 Å². The average molecular weight is 300 g/mol. The zero-order valence-electron chi connectivity index (χ0n) is 12.1. The molecule has 4 heteroatoms. The lowest BCUT2D eigenvalue weighted by Crippen LogP contribution is -1.98. The first-order chi connectivity index (χ1) is 10.0. The predicted molar refractivity (Wildman–Crippen MR) is 88.2 cm³/mol. The van der Waals surface area contributed by atoms with Crippen molar-refractivity contribution in [1.82, 2.24) is 0 Å². The molecule has 21 heavy (non-hydrogen) atoms. The summed E-state index contributed by atoms with van der Waals surface area (Å²) in [5.41, 5.74) is 4.47. The Hall–Kier alpha value is -1.86. The van der Waals surface area contributed by atoms with Gasteiger partial charge in [-0.2, -0.15) is 0 Å². The molecule has 0 heterocycles. The fraction of sp³-hybridized carbons (Fsp3) is 0.235. The van der Waals surface area contributed by atoms with Crippen LogP contribution in [0.15, 0.2) is 29.1 Å². The molecule has 0 aliphatic heterocycles. The van der Waals surface area contributed by atoms with Crippen LogP contribution in [-0.2, 0) is 6.42 Å². The van der Waals surface area contributed by atoms with Gasteiger partial charge in [-0.3, -0.25) is 4.79 Å². The highest BCUT2D eigenvalue weighted by Gasteiger charge is 2.21. The summed E-state index contributed by atoms with van der Waals surface area (Å²) in [5, 5.41) is 10.8. The standard InChI is InChI=1S/C17H17O3P/c1-9-5-12(20-8-21)6-10(2)13(9)7-11-3-4-14(18)16-15(11)17(16)19/h3-6,18H,7-8,21H2,1-2H3. The molecule has 0 saturated heterocycles. The van der Waals surface area contributed by atoms with Crippen molar-refractivity contribution >= 4 is 20.0 Å². The second kappa shape index (κ2) is 5.16. The van der Waals surface area contributed by atoms with E-state index in [0.29, 0.717) is 23.5 Å². The molecule has 0 amide bonds. The summed E-state index contributed by atoms with van der Waals surface area (Å²) in [6.45, 7) is 4.11. The maximum atomic E-state index is 11.7. The molecular weight excluding hydrogens is 283 g/mol. The minimum atomic E-state index is -0.0224. The van der Waals surface area contributed by atoms with E-state index < -0.39 is 0 Å². The third kappa shape index (κ3) is 2.43. The molecule has 3 aromatic carbocycles. The molecule has 108 valence electrons. The van der Waals surface area contributed by atoms with E-state index in [9.17, 15) is 9.90 Å². The van der Waals surface area contributed by atoms with Crippen molar-refractivity contribution in [3.63, 3.8) is 0 Å². The second-order valence-corrected chi connectivity index (χ2v) is 5.68. The largest absolute Gasteiger partial charge is 0.507 e. The Morgan fingerprint density at radius 2 is 1.81 bits per heavy atom. The molecule has 0 spiro atoms. The van der Waals surface area contributed by atoms with E-state index in [4.69, 9.17) is 4.74 Å². The Bertz CT molecular complexity index is 818. The molecule has 0 fully saturated rings. The topological polar surface area (TPSA) is 46.5 Å². The summed E-state index contributed by atoms with van der Waals surface area (Å²) in [7, 11) is 2.54. The quantitative estimate of drug-likeness (QED) is 0.753. The van der Waals surface area contributed by atoms with E-state index in [2.05, 4.69) is 23.1 Å². The fourth-order valence-electron chi connectivity index (χ4n) is 2.82. The number of benzene rings is 2. The van der Waals surface area contributed by atoms with Crippen molar-refractivity contribution in [2.24, 2.45) is 0 Å². The third-order valence-corrected chi connectivity index (χ3v) is 4.11. The SMILES string of the molecule is Cc1cc(OCP)cc(C)c1Cc1ccc(O)c2c(=O)c12. The van der Waals surface area contributed by atoms with Crippen LogP contribution >= 0.6 is 9.24 Å². The molecule has 3 nitrogen and oxygen atoms in total. The Balaban J connectivity index is 1.98. The highest BCUT2D eigenvalue weighted by atomic mass is 31.0. The summed E-state index contributed by atoms with van der Waals surface area (Å²) in [6, 6.07) is 7.49. The Morgan fingerprint density at radius 3 is 2.43 bits per heavy atom. The van der Waals surface area contributed by atoms with Gasteiger partial charge in [0.15, 0.2) is 5.43 Å². The van der Waals surface area contributed by atoms with Crippen LogP contribution in [0.2, 0.25) is 0 Å². The van der Waals surface area contributed by atoms with Gasteiger partial charge in [-0.05, 0) is 60.7 Å². The zero-order chi connectivity index (χ0) is 15.1. The lowest BCUT2D eigenvalue weighted by Gasteiger charge is -2.13.